The highest BCUT2D eigenvalue weighted by Crippen LogP contribution is 2.15. The summed E-state index contributed by atoms with van der Waals surface area (Å²) in [7, 11) is 3.67. The SMILES string of the molecule is Bc1ccc(C#N)c(NCc2ccc(OC)cc2)c1. The van der Waals surface area contributed by atoms with E-state index in [4.69, 9.17) is 10.00 Å². The lowest BCUT2D eigenvalue weighted by molar-refractivity contribution is 0.414. The van der Waals surface area contributed by atoms with Crippen LogP contribution in [0.25, 0.3) is 0 Å². The molecule has 2 aromatic rings. The van der Waals surface area contributed by atoms with Gasteiger partial charge in [-0.25, -0.2) is 0 Å². The summed E-state index contributed by atoms with van der Waals surface area (Å²) >= 11 is 0. The summed E-state index contributed by atoms with van der Waals surface area (Å²) in [5.74, 6) is 0.844. The lowest BCUT2D eigenvalue weighted by Crippen LogP contribution is -2.07. The monoisotopic (exact) mass is 250 g/mol. The molecule has 0 heterocycles. The molecule has 0 fully saturated rings. The first-order chi connectivity index (χ1) is 9.22. The third-order valence-corrected chi connectivity index (χ3v) is 2.94. The minimum Gasteiger partial charge on any atom is -0.497 e. The van der Waals surface area contributed by atoms with Crippen molar-refractivity contribution >= 4 is 19.0 Å². The maximum atomic E-state index is 9.07. The van der Waals surface area contributed by atoms with Crippen molar-refractivity contribution in [1.29, 1.82) is 5.26 Å². The molecule has 0 saturated heterocycles. The van der Waals surface area contributed by atoms with Crippen LogP contribution in [0.15, 0.2) is 42.5 Å². The van der Waals surface area contributed by atoms with Gasteiger partial charge in [0.25, 0.3) is 0 Å². The topological polar surface area (TPSA) is 45.0 Å². The minimum absolute atomic E-state index is 0.666. The predicted octanol–water partition coefficient (Wildman–Crippen LogP) is 1.44. The molecule has 19 heavy (non-hydrogen) atoms. The minimum atomic E-state index is 0.666. The largest absolute Gasteiger partial charge is 0.497 e. The van der Waals surface area contributed by atoms with E-state index in [9.17, 15) is 0 Å². The van der Waals surface area contributed by atoms with Crippen molar-refractivity contribution in [3.63, 3.8) is 0 Å². The molecule has 0 aromatic heterocycles. The third-order valence-electron chi connectivity index (χ3n) is 2.94. The molecule has 0 spiro atoms. The molecule has 2 aromatic carbocycles. The first-order valence-corrected chi connectivity index (χ1v) is 6.10. The molecule has 0 unspecified atom stereocenters. The number of rotatable bonds is 4. The Bertz CT molecular complexity index is 603. The molecule has 0 amide bonds. The van der Waals surface area contributed by atoms with Crippen molar-refractivity contribution in [1.82, 2.24) is 0 Å². The highest BCUT2D eigenvalue weighted by atomic mass is 16.5. The van der Waals surface area contributed by atoms with E-state index in [0.717, 1.165) is 22.5 Å². The second-order valence-electron chi connectivity index (χ2n) is 4.36. The Morgan fingerprint density at radius 3 is 2.58 bits per heavy atom. The van der Waals surface area contributed by atoms with E-state index in [-0.39, 0.29) is 0 Å². The number of hydrogen-bond donors (Lipinski definition) is 1. The molecule has 0 aliphatic carbocycles. The summed E-state index contributed by atoms with van der Waals surface area (Å²) in [5.41, 5.74) is 3.82. The van der Waals surface area contributed by atoms with Crippen LogP contribution in [0.3, 0.4) is 0 Å². The molecule has 1 N–H and O–H groups in total. The summed E-state index contributed by atoms with van der Waals surface area (Å²) in [6.45, 7) is 0.683. The Kier molecular flexibility index (Phi) is 4.09. The summed E-state index contributed by atoms with van der Waals surface area (Å²) in [6.07, 6.45) is 0. The van der Waals surface area contributed by atoms with Gasteiger partial charge in [-0.05, 0) is 29.8 Å². The number of anilines is 1. The summed E-state index contributed by atoms with van der Waals surface area (Å²) < 4.78 is 5.12. The highest BCUT2D eigenvalue weighted by Gasteiger charge is 2.02. The van der Waals surface area contributed by atoms with Crippen molar-refractivity contribution in [2.45, 2.75) is 6.54 Å². The molecule has 2 rings (SSSR count). The molecule has 0 aliphatic heterocycles. The van der Waals surface area contributed by atoms with Crippen molar-refractivity contribution in [2.24, 2.45) is 0 Å². The number of benzene rings is 2. The maximum absolute atomic E-state index is 9.07. The fourth-order valence-electron chi connectivity index (χ4n) is 1.84. The predicted molar refractivity (Wildman–Crippen MR) is 79.7 cm³/mol. The van der Waals surface area contributed by atoms with E-state index >= 15 is 0 Å². The Morgan fingerprint density at radius 1 is 1.21 bits per heavy atom. The van der Waals surface area contributed by atoms with Gasteiger partial charge in [0.2, 0.25) is 0 Å². The Morgan fingerprint density at radius 2 is 1.95 bits per heavy atom. The van der Waals surface area contributed by atoms with Gasteiger partial charge in [-0.1, -0.05) is 23.7 Å². The summed E-state index contributed by atoms with van der Waals surface area (Å²) in [5, 5.41) is 12.4. The maximum Gasteiger partial charge on any atom is 0.139 e. The zero-order valence-corrected chi connectivity index (χ0v) is 11.1. The normalized spacial score (nSPS) is 9.68. The van der Waals surface area contributed by atoms with Crippen LogP contribution >= 0.6 is 0 Å². The number of ether oxygens (including phenoxy) is 1. The van der Waals surface area contributed by atoms with Crippen LogP contribution in [-0.4, -0.2) is 15.0 Å². The zero-order chi connectivity index (χ0) is 13.7. The quantitative estimate of drug-likeness (QED) is 0.835. The Hall–Kier alpha value is -2.41. The van der Waals surface area contributed by atoms with Crippen molar-refractivity contribution in [3.8, 4) is 11.8 Å². The molecular formula is C15H15BN2O. The standard InChI is InChI=1S/C15H15BN2O/c1-19-14-6-2-11(3-7-14)10-18-15-8-13(16)5-4-12(15)9-17/h2-8,18H,10,16H2,1H3. The van der Waals surface area contributed by atoms with E-state index in [2.05, 4.69) is 11.4 Å². The van der Waals surface area contributed by atoms with E-state index in [1.54, 1.807) is 7.11 Å². The molecule has 0 saturated carbocycles. The van der Waals surface area contributed by atoms with Crippen molar-refractivity contribution in [2.75, 3.05) is 12.4 Å². The first kappa shape index (κ1) is 13.0. The van der Waals surface area contributed by atoms with E-state index in [1.807, 2.05) is 50.3 Å². The van der Waals surface area contributed by atoms with E-state index < -0.39 is 0 Å². The Labute approximate surface area is 114 Å². The van der Waals surface area contributed by atoms with Gasteiger partial charge in [0, 0.05) is 6.54 Å². The lowest BCUT2D eigenvalue weighted by atomic mass is 9.94. The molecule has 3 nitrogen and oxygen atoms in total. The number of nitrogens with zero attached hydrogens (tertiary/aromatic N) is 1. The molecule has 4 heteroatoms. The van der Waals surface area contributed by atoms with Gasteiger partial charge in [0.15, 0.2) is 0 Å². The molecule has 0 atom stereocenters. The average molecular weight is 250 g/mol. The first-order valence-electron chi connectivity index (χ1n) is 6.10. The van der Waals surface area contributed by atoms with Crippen LogP contribution in [0.5, 0.6) is 5.75 Å². The van der Waals surface area contributed by atoms with Crippen LogP contribution < -0.4 is 15.5 Å². The van der Waals surface area contributed by atoms with Gasteiger partial charge in [0.05, 0.1) is 18.4 Å². The van der Waals surface area contributed by atoms with Crippen LogP contribution in [-0.2, 0) is 6.54 Å². The van der Waals surface area contributed by atoms with Gasteiger partial charge < -0.3 is 10.1 Å². The lowest BCUT2D eigenvalue weighted by Gasteiger charge is -2.09. The smallest absolute Gasteiger partial charge is 0.139 e. The highest BCUT2D eigenvalue weighted by molar-refractivity contribution is 6.32. The second kappa shape index (κ2) is 5.97. The van der Waals surface area contributed by atoms with Crippen LogP contribution in [0.2, 0.25) is 0 Å². The fourth-order valence-corrected chi connectivity index (χ4v) is 1.84. The van der Waals surface area contributed by atoms with Crippen molar-refractivity contribution < 1.29 is 4.74 Å². The third kappa shape index (κ3) is 3.29. The van der Waals surface area contributed by atoms with Gasteiger partial charge in [-0.3, -0.25) is 0 Å². The van der Waals surface area contributed by atoms with Crippen LogP contribution in [0, 0.1) is 11.3 Å². The number of hydrogen-bond acceptors (Lipinski definition) is 3. The van der Waals surface area contributed by atoms with Gasteiger partial charge >= 0.3 is 0 Å². The number of nitrogens with one attached hydrogen (secondary N) is 1. The molecule has 94 valence electrons. The summed E-state index contributed by atoms with van der Waals surface area (Å²) in [6, 6.07) is 15.8. The van der Waals surface area contributed by atoms with Gasteiger partial charge in [0.1, 0.15) is 19.7 Å². The number of nitriles is 1. The van der Waals surface area contributed by atoms with E-state index in [1.165, 1.54) is 0 Å². The van der Waals surface area contributed by atoms with Gasteiger partial charge in [-0.15, -0.1) is 0 Å². The fraction of sp³-hybridized carbons (Fsp3) is 0.133. The second-order valence-corrected chi connectivity index (χ2v) is 4.36. The summed E-state index contributed by atoms with van der Waals surface area (Å²) in [4.78, 5) is 0. The average Bonchev–Trinajstić information content (AvgIpc) is 2.46. The number of methoxy groups -OCH3 is 1. The molecule has 0 radical (unpaired) electrons. The van der Waals surface area contributed by atoms with E-state index in [0.29, 0.717) is 12.1 Å². The van der Waals surface area contributed by atoms with Gasteiger partial charge in [-0.2, -0.15) is 5.26 Å². The molecule has 0 bridgehead atoms. The van der Waals surface area contributed by atoms with Crippen LogP contribution in [0.1, 0.15) is 11.1 Å². The zero-order valence-electron chi connectivity index (χ0n) is 11.1. The van der Waals surface area contributed by atoms with Crippen molar-refractivity contribution in [3.05, 3.63) is 53.6 Å². The Balaban J connectivity index is 2.09. The van der Waals surface area contributed by atoms with Crippen LogP contribution in [0.4, 0.5) is 5.69 Å². The molecular weight excluding hydrogens is 235 g/mol. The molecule has 0 aliphatic rings.